The van der Waals surface area contributed by atoms with Gasteiger partial charge in [-0.2, -0.15) is 0 Å². The average Bonchev–Trinajstić information content (AvgIpc) is 1.65. The Morgan fingerprint density at radius 3 is 1.00 bits per heavy atom. The summed E-state index contributed by atoms with van der Waals surface area (Å²) in [5.74, 6) is -2.58. The van der Waals surface area contributed by atoms with Crippen molar-refractivity contribution in [2.24, 2.45) is 0 Å². The SMILES string of the molecule is ClC(Cl)[P+](Cl)(Cl)C(Cl)Cl. The molecule has 0 heterocycles. The Morgan fingerprint density at radius 1 is 0.778 bits per heavy atom. The van der Waals surface area contributed by atoms with Crippen molar-refractivity contribution in [3.63, 3.8) is 0 Å². The van der Waals surface area contributed by atoms with Crippen LogP contribution in [0.2, 0.25) is 0 Å². The number of halogens is 6. The Bertz CT molecular complexity index is 79.1. The topological polar surface area (TPSA) is 0 Å². The minimum atomic E-state index is -2.58. The second-order valence-electron chi connectivity index (χ2n) is 1.16. The van der Waals surface area contributed by atoms with Crippen molar-refractivity contribution in [2.75, 3.05) is 0 Å². The normalized spacial score (nSPS) is 13.3. The van der Waals surface area contributed by atoms with Crippen molar-refractivity contribution in [2.45, 2.75) is 9.15 Å². The summed E-state index contributed by atoms with van der Waals surface area (Å²) in [6, 6.07) is 0. The van der Waals surface area contributed by atoms with E-state index >= 15 is 0 Å². The molecule has 0 radical (unpaired) electrons. The van der Waals surface area contributed by atoms with Crippen molar-refractivity contribution < 1.29 is 0 Å². The smallest absolute Gasteiger partial charge is 0.0578 e. The van der Waals surface area contributed by atoms with Gasteiger partial charge in [-0.15, -0.1) is 0 Å². The van der Waals surface area contributed by atoms with Gasteiger partial charge in [0.2, 0.25) is 9.15 Å². The molecule has 0 aliphatic heterocycles. The summed E-state index contributed by atoms with van der Waals surface area (Å²) in [7, 11) is 0. The van der Waals surface area contributed by atoms with Gasteiger partial charge in [-0.1, -0.05) is 46.4 Å². The maximum absolute atomic E-state index is 5.55. The van der Waals surface area contributed by atoms with Crippen LogP contribution < -0.4 is 0 Å². The maximum atomic E-state index is 5.55. The molecule has 0 rings (SSSR count). The fourth-order valence-corrected chi connectivity index (χ4v) is 2.30. The number of alkyl halides is 4. The van der Waals surface area contributed by atoms with E-state index in [1.807, 2.05) is 0 Å². The maximum Gasteiger partial charge on any atom is 0.277 e. The van der Waals surface area contributed by atoms with E-state index in [4.69, 9.17) is 68.9 Å². The highest BCUT2D eigenvalue weighted by Crippen LogP contribution is 2.79. The highest BCUT2D eigenvalue weighted by molar-refractivity contribution is 8.21. The van der Waals surface area contributed by atoms with E-state index in [1.165, 1.54) is 0 Å². The van der Waals surface area contributed by atoms with Crippen molar-refractivity contribution in [1.82, 2.24) is 0 Å². The standard InChI is InChI=1S/C2H2Cl6P/c3-1(4)9(7,8)2(5)6/h1-2H/q+1. The molecule has 9 heavy (non-hydrogen) atoms. The van der Waals surface area contributed by atoms with Gasteiger partial charge in [0.15, 0.2) is 0 Å². The molecule has 0 bridgehead atoms. The molecule has 0 aliphatic carbocycles. The molecule has 0 aromatic rings. The van der Waals surface area contributed by atoms with Crippen molar-refractivity contribution in [1.29, 1.82) is 0 Å². The lowest BCUT2D eigenvalue weighted by Crippen LogP contribution is -1.94. The van der Waals surface area contributed by atoms with E-state index in [1.54, 1.807) is 0 Å². The second kappa shape index (κ2) is 4.26. The number of hydrogen-bond donors (Lipinski definition) is 0. The quantitative estimate of drug-likeness (QED) is 0.497. The van der Waals surface area contributed by atoms with E-state index < -0.39 is 15.1 Å². The van der Waals surface area contributed by atoms with Gasteiger partial charge in [0.05, 0.1) is 0 Å². The minimum absolute atomic E-state index is 0.888. The molecule has 0 saturated heterocycles. The summed E-state index contributed by atoms with van der Waals surface area (Å²) in [5.41, 5.74) is 0. The third-order valence-corrected chi connectivity index (χ3v) is 10.00. The Hall–Kier alpha value is 2.17. The van der Waals surface area contributed by atoms with E-state index in [-0.39, 0.29) is 0 Å². The summed E-state index contributed by atoms with van der Waals surface area (Å²) >= 11 is 32.5. The van der Waals surface area contributed by atoms with Crippen LogP contribution in [0, 0.1) is 0 Å². The first-order chi connectivity index (χ1) is 3.89. The highest BCUT2D eigenvalue weighted by Gasteiger charge is 2.49. The fraction of sp³-hybridized carbons (Fsp3) is 1.00. The van der Waals surface area contributed by atoms with Gasteiger partial charge >= 0.3 is 0 Å². The van der Waals surface area contributed by atoms with Crippen LogP contribution in [0.3, 0.4) is 0 Å². The summed E-state index contributed by atoms with van der Waals surface area (Å²) in [5, 5.41) is 0. The molecule has 0 aliphatic rings. The van der Waals surface area contributed by atoms with Gasteiger partial charge in [0.1, 0.15) is 22.5 Å². The molecule has 0 fully saturated rings. The third kappa shape index (κ3) is 3.38. The fourth-order valence-electron chi connectivity index (χ4n) is 0.0852. The van der Waals surface area contributed by atoms with Crippen LogP contribution in [0.15, 0.2) is 0 Å². The summed E-state index contributed by atoms with van der Waals surface area (Å²) in [4.78, 5) is 0. The van der Waals surface area contributed by atoms with Crippen LogP contribution in [0.1, 0.15) is 0 Å². The first-order valence-electron chi connectivity index (χ1n) is 1.73. The van der Waals surface area contributed by atoms with Gasteiger partial charge in [-0.3, -0.25) is 0 Å². The minimum Gasteiger partial charge on any atom is -0.0578 e. The molecule has 0 saturated carbocycles. The Labute approximate surface area is 83.6 Å². The van der Waals surface area contributed by atoms with E-state index in [0.717, 1.165) is 0 Å². The molecule has 7 heteroatoms. The third-order valence-electron chi connectivity index (χ3n) is 0.520. The van der Waals surface area contributed by atoms with Gasteiger partial charge in [0, 0.05) is 0 Å². The lowest BCUT2D eigenvalue weighted by atomic mass is 11.8. The van der Waals surface area contributed by atoms with E-state index in [2.05, 4.69) is 0 Å². The Morgan fingerprint density at radius 2 is 1.00 bits per heavy atom. The molecule has 0 amide bonds. The van der Waals surface area contributed by atoms with E-state index in [9.17, 15) is 0 Å². The largest absolute Gasteiger partial charge is 0.277 e. The van der Waals surface area contributed by atoms with Crippen molar-refractivity contribution in [3.05, 3.63) is 0 Å². The molecule has 0 nitrogen and oxygen atoms in total. The molecular formula is C2H2Cl6P+. The van der Waals surface area contributed by atoms with Crippen molar-refractivity contribution in [3.8, 4) is 0 Å². The van der Waals surface area contributed by atoms with Crippen LogP contribution in [0.5, 0.6) is 0 Å². The molecule has 0 N–H and O–H groups in total. The summed E-state index contributed by atoms with van der Waals surface area (Å²) in [6.45, 7) is 0. The number of hydrogen-bond acceptors (Lipinski definition) is 0. The van der Waals surface area contributed by atoms with Crippen LogP contribution in [0.25, 0.3) is 0 Å². The lowest BCUT2D eigenvalue weighted by Gasteiger charge is -2.09. The summed E-state index contributed by atoms with van der Waals surface area (Å²) in [6.07, 6.45) is 0. The van der Waals surface area contributed by atoms with Gasteiger partial charge < -0.3 is 0 Å². The first kappa shape index (κ1) is 11.2. The number of rotatable bonds is 2. The monoisotopic (exact) mass is 267 g/mol. The Balaban J connectivity index is 4.01. The first-order valence-corrected chi connectivity index (χ1v) is 7.21. The summed E-state index contributed by atoms with van der Waals surface area (Å²) < 4.78 is -1.78. The molecule has 0 aromatic carbocycles. The zero-order chi connectivity index (χ0) is 7.65. The molecular weight excluding hydrogens is 268 g/mol. The predicted octanol–water partition coefficient (Wildman–Crippen LogP) is 4.83. The lowest BCUT2D eigenvalue weighted by molar-refractivity contribution is 1.81. The van der Waals surface area contributed by atoms with Gasteiger partial charge in [-0.05, 0) is 0 Å². The van der Waals surface area contributed by atoms with Crippen LogP contribution in [-0.2, 0) is 0 Å². The zero-order valence-electron chi connectivity index (χ0n) is 3.87. The zero-order valence-corrected chi connectivity index (χ0v) is 9.30. The molecule has 0 atom stereocenters. The van der Waals surface area contributed by atoms with Crippen LogP contribution >= 0.6 is 74.9 Å². The molecule has 0 spiro atoms. The highest BCUT2D eigenvalue weighted by atomic mass is 35.9. The average molecular weight is 270 g/mol. The Kier molecular flexibility index (Phi) is 5.29. The molecule has 0 aromatic heterocycles. The van der Waals surface area contributed by atoms with Crippen LogP contribution in [-0.4, -0.2) is 9.15 Å². The van der Waals surface area contributed by atoms with Gasteiger partial charge in [0.25, 0.3) is 5.97 Å². The van der Waals surface area contributed by atoms with Gasteiger partial charge in [-0.25, -0.2) is 0 Å². The van der Waals surface area contributed by atoms with Crippen LogP contribution in [0.4, 0.5) is 0 Å². The molecule has 56 valence electrons. The second-order valence-corrected chi connectivity index (χ2v) is 10.7. The molecule has 0 unspecified atom stereocenters. The van der Waals surface area contributed by atoms with E-state index in [0.29, 0.717) is 0 Å². The predicted molar refractivity (Wildman–Crippen MR) is 49.6 cm³/mol. The van der Waals surface area contributed by atoms with Crippen molar-refractivity contribution >= 4 is 74.9 Å².